The number of hydrogen-bond donors (Lipinski definition) is 0. The molecule has 4 aromatic rings. The molecule has 5 heteroatoms. The van der Waals surface area contributed by atoms with E-state index in [1.807, 2.05) is 60.7 Å². The van der Waals surface area contributed by atoms with Crippen molar-refractivity contribution in [2.24, 2.45) is 0 Å². The Morgan fingerprint density at radius 1 is 0.710 bits per heavy atom. The van der Waals surface area contributed by atoms with Crippen molar-refractivity contribution in [1.82, 2.24) is 9.88 Å². The van der Waals surface area contributed by atoms with Crippen LogP contribution >= 0.6 is 11.6 Å². The largest absolute Gasteiger partial charge is 0.270 e. The Morgan fingerprint density at radius 2 is 1.32 bits per heavy atom. The molecule has 2 amide bonds. The van der Waals surface area contributed by atoms with Crippen molar-refractivity contribution in [3.05, 3.63) is 113 Å². The number of rotatable bonds is 4. The van der Waals surface area contributed by atoms with Crippen LogP contribution in [-0.4, -0.2) is 21.7 Å². The standard InChI is InChI=1S/C26H17ClN2O2/c27-20-12-10-18(11-13-20)23-14-17(15-28-24(23)19-6-2-1-3-7-19)16-29-25(30)21-8-4-5-9-22(21)26(29)31/h1-15H,16H2. The Bertz CT molecular complexity index is 1270. The Kier molecular flexibility index (Phi) is 4.85. The number of aromatic nitrogens is 1. The molecule has 31 heavy (non-hydrogen) atoms. The minimum absolute atomic E-state index is 0.162. The predicted molar refractivity (Wildman–Crippen MR) is 121 cm³/mol. The number of imide groups is 1. The first kappa shape index (κ1) is 19.2. The second-order valence-corrected chi connectivity index (χ2v) is 7.79. The molecule has 0 unspecified atom stereocenters. The summed E-state index contributed by atoms with van der Waals surface area (Å²) in [7, 11) is 0. The van der Waals surface area contributed by atoms with Crippen molar-refractivity contribution in [3.63, 3.8) is 0 Å². The molecule has 1 aliphatic rings. The van der Waals surface area contributed by atoms with Crippen molar-refractivity contribution in [2.75, 3.05) is 0 Å². The smallest absolute Gasteiger partial charge is 0.261 e. The van der Waals surface area contributed by atoms with Crippen LogP contribution in [0, 0.1) is 0 Å². The van der Waals surface area contributed by atoms with Gasteiger partial charge < -0.3 is 0 Å². The van der Waals surface area contributed by atoms with Crippen molar-refractivity contribution < 1.29 is 9.59 Å². The maximum Gasteiger partial charge on any atom is 0.261 e. The van der Waals surface area contributed by atoms with Gasteiger partial charge in [-0.25, -0.2) is 0 Å². The van der Waals surface area contributed by atoms with Gasteiger partial charge in [0.05, 0.1) is 23.4 Å². The highest BCUT2D eigenvalue weighted by Gasteiger charge is 2.35. The zero-order chi connectivity index (χ0) is 21.4. The van der Waals surface area contributed by atoms with Crippen LogP contribution in [-0.2, 0) is 6.54 Å². The molecule has 1 aliphatic heterocycles. The van der Waals surface area contributed by atoms with Gasteiger partial charge in [-0.2, -0.15) is 0 Å². The quantitative estimate of drug-likeness (QED) is 0.385. The van der Waals surface area contributed by atoms with E-state index in [2.05, 4.69) is 0 Å². The zero-order valence-electron chi connectivity index (χ0n) is 16.5. The predicted octanol–water partition coefficient (Wildman–Crippen LogP) is 5.87. The second-order valence-electron chi connectivity index (χ2n) is 7.35. The molecule has 0 N–H and O–H groups in total. The van der Waals surface area contributed by atoms with Gasteiger partial charge in [0.15, 0.2) is 0 Å². The van der Waals surface area contributed by atoms with Crippen molar-refractivity contribution >= 4 is 23.4 Å². The molecule has 0 spiro atoms. The highest BCUT2D eigenvalue weighted by molar-refractivity contribution is 6.30. The molecule has 0 radical (unpaired) electrons. The number of carbonyl (C=O) groups is 2. The molecule has 5 rings (SSSR count). The van der Waals surface area contributed by atoms with Crippen LogP contribution in [0.1, 0.15) is 26.3 Å². The van der Waals surface area contributed by atoms with E-state index < -0.39 is 0 Å². The summed E-state index contributed by atoms with van der Waals surface area (Å²) in [5.41, 5.74) is 5.35. The fourth-order valence-corrected chi connectivity index (χ4v) is 3.96. The molecule has 0 saturated heterocycles. The average Bonchev–Trinajstić information content (AvgIpc) is 3.05. The summed E-state index contributed by atoms with van der Waals surface area (Å²) in [6.45, 7) is 0.162. The van der Waals surface area contributed by atoms with Gasteiger partial charge in [0.25, 0.3) is 11.8 Å². The summed E-state index contributed by atoms with van der Waals surface area (Å²) in [5.74, 6) is -0.554. The van der Waals surface area contributed by atoms with E-state index in [9.17, 15) is 9.59 Å². The van der Waals surface area contributed by atoms with E-state index >= 15 is 0 Å². The van der Waals surface area contributed by atoms with Gasteiger partial charge in [0.1, 0.15) is 0 Å². The molecule has 0 atom stereocenters. The van der Waals surface area contributed by atoms with Crippen molar-refractivity contribution in [3.8, 4) is 22.4 Å². The first-order valence-corrected chi connectivity index (χ1v) is 10.2. The van der Waals surface area contributed by atoms with E-state index in [-0.39, 0.29) is 18.4 Å². The zero-order valence-corrected chi connectivity index (χ0v) is 17.2. The number of carbonyl (C=O) groups excluding carboxylic acids is 2. The van der Waals surface area contributed by atoms with E-state index in [1.54, 1.807) is 30.5 Å². The first-order valence-electron chi connectivity index (χ1n) is 9.87. The lowest BCUT2D eigenvalue weighted by Gasteiger charge is -2.16. The molecule has 4 nitrogen and oxygen atoms in total. The maximum absolute atomic E-state index is 12.8. The lowest BCUT2D eigenvalue weighted by atomic mass is 9.98. The van der Waals surface area contributed by atoms with Gasteiger partial charge >= 0.3 is 0 Å². The average molecular weight is 425 g/mol. The number of amides is 2. The molecular formula is C26H17ClN2O2. The highest BCUT2D eigenvalue weighted by Crippen LogP contribution is 2.33. The Morgan fingerprint density at radius 3 is 1.97 bits per heavy atom. The topological polar surface area (TPSA) is 50.3 Å². The normalized spacial score (nSPS) is 12.9. The SMILES string of the molecule is O=C1c2ccccc2C(=O)N1Cc1cnc(-c2ccccc2)c(-c2ccc(Cl)cc2)c1. The van der Waals surface area contributed by atoms with Crippen LogP contribution in [0.5, 0.6) is 0 Å². The molecule has 150 valence electrons. The van der Waals surface area contributed by atoms with Crippen molar-refractivity contribution in [2.45, 2.75) is 6.54 Å². The Balaban J connectivity index is 1.55. The van der Waals surface area contributed by atoms with Gasteiger partial charge in [0.2, 0.25) is 0 Å². The van der Waals surface area contributed by atoms with Crippen LogP contribution in [0.15, 0.2) is 91.1 Å². The molecule has 0 fully saturated rings. The van der Waals surface area contributed by atoms with Crippen LogP contribution in [0.25, 0.3) is 22.4 Å². The second kappa shape index (κ2) is 7.82. The van der Waals surface area contributed by atoms with Gasteiger partial charge in [-0.3, -0.25) is 19.5 Å². The Labute approximate surface area is 184 Å². The van der Waals surface area contributed by atoms with E-state index in [4.69, 9.17) is 16.6 Å². The molecule has 0 saturated carbocycles. The van der Waals surface area contributed by atoms with Gasteiger partial charge in [-0.1, -0.05) is 66.2 Å². The van der Waals surface area contributed by atoms with Crippen LogP contribution < -0.4 is 0 Å². The summed E-state index contributed by atoms with van der Waals surface area (Å²) in [5, 5.41) is 0.653. The summed E-state index contributed by atoms with van der Waals surface area (Å²) in [6, 6.07) is 26.4. The molecule has 0 aliphatic carbocycles. The summed E-state index contributed by atoms with van der Waals surface area (Å²) < 4.78 is 0. The van der Waals surface area contributed by atoms with E-state index in [0.717, 1.165) is 27.9 Å². The van der Waals surface area contributed by atoms with Gasteiger partial charge in [-0.15, -0.1) is 0 Å². The van der Waals surface area contributed by atoms with Crippen molar-refractivity contribution in [1.29, 1.82) is 0 Å². The molecule has 0 bridgehead atoms. The van der Waals surface area contributed by atoms with Crippen LogP contribution in [0.4, 0.5) is 0 Å². The van der Waals surface area contributed by atoms with E-state index in [0.29, 0.717) is 16.1 Å². The maximum atomic E-state index is 12.8. The van der Waals surface area contributed by atoms with Crippen LogP contribution in [0.2, 0.25) is 5.02 Å². The lowest BCUT2D eigenvalue weighted by molar-refractivity contribution is 0.0642. The molecular weight excluding hydrogens is 408 g/mol. The number of halogens is 1. The monoisotopic (exact) mass is 424 g/mol. The summed E-state index contributed by atoms with van der Waals surface area (Å²) in [6.07, 6.45) is 1.73. The first-order chi connectivity index (χ1) is 15.1. The summed E-state index contributed by atoms with van der Waals surface area (Å²) >= 11 is 6.08. The summed E-state index contributed by atoms with van der Waals surface area (Å²) in [4.78, 5) is 31.5. The number of fused-ring (bicyclic) bond motifs is 1. The van der Waals surface area contributed by atoms with E-state index in [1.165, 1.54) is 4.90 Å². The fraction of sp³-hybridized carbons (Fsp3) is 0.0385. The number of hydrogen-bond acceptors (Lipinski definition) is 3. The highest BCUT2D eigenvalue weighted by atomic mass is 35.5. The molecule has 1 aromatic heterocycles. The van der Waals surface area contributed by atoms with Gasteiger partial charge in [-0.05, 0) is 41.5 Å². The third-order valence-corrected chi connectivity index (χ3v) is 5.62. The third-order valence-electron chi connectivity index (χ3n) is 5.37. The molecule has 3 aromatic carbocycles. The third kappa shape index (κ3) is 3.51. The number of benzene rings is 3. The lowest BCUT2D eigenvalue weighted by Crippen LogP contribution is -2.29. The fourth-order valence-electron chi connectivity index (χ4n) is 3.84. The van der Waals surface area contributed by atoms with Crippen LogP contribution in [0.3, 0.4) is 0 Å². The molecule has 2 heterocycles. The minimum Gasteiger partial charge on any atom is -0.270 e. The number of pyridine rings is 1. The minimum atomic E-state index is -0.277. The Hall–Kier alpha value is -3.76. The van der Waals surface area contributed by atoms with Gasteiger partial charge in [0, 0.05) is 22.3 Å². The number of nitrogens with zero attached hydrogens (tertiary/aromatic N) is 2.